The molecule has 0 aliphatic carbocycles. The van der Waals surface area contributed by atoms with Gasteiger partial charge >= 0.3 is 11.9 Å². The van der Waals surface area contributed by atoms with Crippen molar-refractivity contribution in [1.29, 1.82) is 0 Å². The lowest BCUT2D eigenvalue weighted by Crippen LogP contribution is -2.28. The number of cyclic esters (lactones) is 2. The number of hydrogen-bond donors (Lipinski definition) is 0. The van der Waals surface area contributed by atoms with Crippen LogP contribution in [0.1, 0.15) is 39.5 Å². The van der Waals surface area contributed by atoms with Crippen LogP contribution in [0.15, 0.2) is 12.2 Å². The second-order valence-electron chi connectivity index (χ2n) is 6.28. The third-order valence-electron chi connectivity index (χ3n) is 4.41. The van der Waals surface area contributed by atoms with Crippen LogP contribution in [0.4, 0.5) is 0 Å². The Balaban J connectivity index is 2.73. The van der Waals surface area contributed by atoms with Crippen molar-refractivity contribution in [3.8, 4) is 0 Å². The van der Waals surface area contributed by atoms with Crippen molar-refractivity contribution >= 4 is 11.9 Å². The SMILES string of the molecule is CO[C@H]1COC(=O)CCC[C@H](C)[C@@H](OC)COC(=O)C/C=C\[C@@H]1C. The zero-order chi connectivity index (χ0) is 17.9. The van der Waals surface area contributed by atoms with E-state index in [2.05, 4.69) is 0 Å². The van der Waals surface area contributed by atoms with E-state index in [9.17, 15) is 9.59 Å². The topological polar surface area (TPSA) is 71.1 Å². The molecule has 0 radical (unpaired) electrons. The number of rotatable bonds is 2. The van der Waals surface area contributed by atoms with Gasteiger partial charge in [0.15, 0.2) is 0 Å². The van der Waals surface area contributed by atoms with Crippen LogP contribution in [-0.4, -0.2) is 51.6 Å². The van der Waals surface area contributed by atoms with Gasteiger partial charge in [0.05, 0.1) is 18.6 Å². The third kappa shape index (κ3) is 7.45. The molecule has 0 saturated carbocycles. The zero-order valence-electron chi connectivity index (χ0n) is 15.2. The Morgan fingerprint density at radius 3 is 2.29 bits per heavy atom. The van der Waals surface area contributed by atoms with E-state index in [1.165, 1.54) is 0 Å². The van der Waals surface area contributed by atoms with E-state index in [-0.39, 0.29) is 55.6 Å². The number of ether oxygens (including phenoxy) is 4. The van der Waals surface area contributed by atoms with Crippen LogP contribution in [0.5, 0.6) is 0 Å². The highest BCUT2D eigenvalue weighted by Gasteiger charge is 2.21. The maximum Gasteiger partial charge on any atom is 0.309 e. The Bertz CT molecular complexity index is 420. The summed E-state index contributed by atoms with van der Waals surface area (Å²) in [5, 5.41) is 0. The van der Waals surface area contributed by atoms with Crippen molar-refractivity contribution < 1.29 is 28.5 Å². The summed E-state index contributed by atoms with van der Waals surface area (Å²) in [4.78, 5) is 23.7. The van der Waals surface area contributed by atoms with Gasteiger partial charge in [-0.1, -0.05) is 26.0 Å². The molecule has 0 unspecified atom stereocenters. The summed E-state index contributed by atoms with van der Waals surface area (Å²) in [6, 6.07) is 0. The van der Waals surface area contributed by atoms with Crippen LogP contribution >= 0.6 is 0 Å². The van der Waals surface area contributed by atoms with Crippen molar-refractivity contribution in [3.05, 3.63) is 12.2 Å². The van der Waals surface area contributed by atoms with Crippen LogP contribution < -0.4 is 0 Å². The van der Waals surface area contributed by atoms with Gasteiger partial charge in [-0.25, -0.2) is 0 Å². The van der Waals surface area contributed by atoms with E-state index >= 15 is 0 Å². The summed E-state index contributed by atoms with van der Waals surface area (Å²) in [6.45, 7) is 4.42. The van der Waals surface area contributed by atoms with Crippen molar-refractivity contribution in [1.82, 2.24) is 0 Å². The van der Waals surface area contributed by atoms with E-state index in [0.717, 1.165) is 6.42 Å². The summed E-state index contributed by atoms with van der Waals surface area (Å²) in [7, 11) is 3.19. The third-order valence-corrected chi connectivity index (χ3v) is 4.41. The number of esters is 2. The molecule has 24 heavy (non-hydrogen) atoms. The molecule has 1 aliphatic rings. The molecule has 6 heteroatoms. The van der Waals surface area contributed by atoms with Gasteiger partial charge in [0, 0.05) is 26.6 Å². The highest BCUT2D eigenvalue weighted by Crippen LogP contribution is 2.17. The predicted octanol–water partition coefficient (Wildman–Crippen LogP) is 2.51. The number of methoxy groups -OCH3 is 2. The maximum absolute atomic E-state index is 11.8. The normalized spacial score (nSPS) is 32.7. The minimum Gasteiger partial charge on any atom is -0.463 e. The zero-order valence-corrected chi connectivity index (χ0v) is 15.2. The fraction of sp³-hybridized carbons (Fsp3) is 0.778. The first-order valence-electron chi connectivity index (χ1n) is 8.51. The van der Waals surface area contributed by atoms with Gasteiger partial charge in [0.2, 0.25) is 0 Å². The van der Waals surface area contributed by atoms with E-state index in [1.807, 2.05) is 19.9 Å². The van der Waals surface area contributed by atoms with Gasteiger partial charge in [-0.3, -0.25) is 9.59 Å². The summed E-state index contributed by atoms with van der Waals surface area (Å²) in [5.41, 5.74) is 0. The minimum absolute atomic E-state index is 0.0234. The molecular formula is C18H30O6. The van der Waals surface area contributed by atoms with Gasteiger partial charge in [-0.2, -0.15) is 0 Å². The first-order chi connectivity index (χ1) is 11.5. The molecule has 6 nitrogen and oxygen atoms in total. The van der Waals surface area contributed by atoms with Crippen molar-refractivity contribution in [2.45, 2.75) is 51.7 Å². The quantitative estimate of drug-likeness (QED) is 0.567. The monoisotopic (exact) mass is 342 g/mol. The van der Waals surface area contributed by atoms with Crippen LogP contribution in [0.3, 0.4) is 0 Å². The molecule has 0 fully saturated rings. The van der Waals surface area contributed by atoms with Crippen LogP contribution in [0.25, 0.3) is 0 Å². The molecule has 0 aromatic carbocycles. The second kappa shape index (κ2) is 11.2. The molecule has 138 valence electrons. The van der Waals surface area contributed by atoms with Gasteiger partial charge in [0.1, 0.15) is 13.2 Å². The summed E-state index contributed by atoms with van der Waals surface area (Å²) < 4.78 is 21.4. The van der Waals surface area contributed by atoms with Gasteiger partial charge in [-0.05, 0) is 18.8 Å². The van der Waals surface area contributed by atoms with E-state index in [0.29, 0.717) is 12.8 Å². The molecule has 0 saturated heterocycles. The Morgan fingerprint density at radius 2 is 1.62 bits per heavy atom. The molecular weight excluding hydrogens is 312 g/mol. The molecule has 0 bridgehead atoms. The van der Waals surface area contributed by atoms with E-state index < -0.39 is 0 Å². The minimum atomic E-state index is -0.278. The molecule has 1 heterocycles. The largest absolute Gasteiger partial charge is 0.463 e. The second-order valence-corrected chi connectivity index (χ2v) is 6.28. The fourth-order valence-corrected chi connectivity index (χ4v) is 2.64. The van der Waals surface area contributed by atoms with Crippen molar-refractivity contribution in [3.63, 3.8) is 0 Å². The molecule has 1 rings (SSSR count). The lowest BCUT2D eigenvalue weighted by Gasteiger charge is -2.23. The smallest absolute Gasteiger partial charge is 0.309 e. The Kier molecular flexibility index (Phi) is 9.64. The summed E-state index contributed by atoms with van der Waals surface area (Å²) in [5.74, 6) is -0.283. The van der Waals surface area contributed by atoms with Gasteiger partial charge in [0.25, 0.3) is 0 Å². The average Bonchev–Trinajstić information content (AvgIpc) is 2.55. The molecule has 1 aliphatic heterocycles. The van der Waals surface area contributed by atoms with Crippen LogP contribution in [0, 0.1) is 11.8 Å². The first-order valence-corrected chi connectivity index (χ1v) is 8.51. The molecule has 0 amide bonds. The van der Waals surface area contributed by atoms with E-state index in [4.69, 9.17) is 18.9 Å². The number of carbonyl (C=O) groups excluding carboxylic acids is 2. The Hall–Kier alpha value is -1.40. The highest BCUT2D eigenvalue weighted by atomic mass is 16.6. The van der Waals surface area contributed by atoms with Crippen molar-refractivity contribution in [2.75, 3.05) is 27.4 Å². The maximum atomic E-state index is 11.8. The van der Waals surface area contributed by atoms with E-state index in [1.54, 1.807) is 20.3 Å². The van der Waals surface area contributed by atoms with Crippen LogP contribution in [0.2, 0.25) is 0 Å². The molecule has 0 N–H and O–H groups in total. The standard InChI is InChI=1S/C18H30O6/c1-13-7-5-9-17(19)24-12-16(22-4)14(2)8-6-10-18(20)23-11-15(13)21-3/h5,7,13-16H,6,8-12H2,1-4H3/b7-5-/t13-,14-,15-,16-/m0/s1. The Labute approximate surface area is 144 Å². The van der Waals surface area contributed by atoms with Gasteiger partial charge in [-0.15, -0.1) is 0 Å². The van der Waals surface area contributed by atoms with Gasteiger partial charge < -0.3 is 18.9 Å². The average molecular weight is 342 g/mol. The van der Waals surface area contributed by atoms with Crippen LogP contribution in [-0.2, 0) is 28.5 Å². The molecule has 0 aromatic heterocycles. The summed E-state index contributed by atoms with van der Waals surface area (Å²) in [6.07, 6.45) is 5.32. The fourth-order valence-electron chi connectivity index (χ4n) is 2.64. The van der Waals surface area contributed by atoms with Crippen molar-refractivity contribution in [2.24, 2.45) is 11.8 Å². The number of carbonyl (C=O) groups is 2. The molecule has 0 aromatic rings. The lowest BCUT2D eigenvalue weighted by molar-refractivity contribution is -0.148. The number of hydrogen-bond acceptors (Lipinski definition) is 6. The first kappa shape index (κ1) is 20.6. The molecule has 0 spiro atoms. The Morgan fingerprint density at radius 1 is 1.00 bits per heavy atom. The molecule has 4 atom stereocenters. The predicted molar refractivity (Wildman–Crippen MR) is 89.4 cm³/mol. The highest BCUT2D eigenvalue weighted by molar-refractivity contribution is 5.71. The lowest BCUT2D eigenvalue weighted by atomic mass is 9.98. The summed E-state index contributed by atoms with van der Waals surface area (Å²) >= 11 is 0.